The van der Waals surface area contributed by atoms with Crippen molar-refractivity contribution < 1.29 is 14.5 Å². The fourth-order valence-corrected chi connectivity index (χ4v) is 4.08. The Labute approximate surface area is 149 Å². The van der Waals surface area contributed by atoms with Crippen LogP contribution in [0.5, 0.6) is 0 Å². The van der Waals surface area contributed by atoms with Gasteiger partial charge in [-0.3, -0.25) is 29.5 Å². The van der Waals surface area contributed by atoms with E-state index in [0.717, 1.165) is 19.6 Å². The second-order valence-corrected chi connectivity index (χ2v) is 7.93. The lowest BCUT2D eigenvalue weighted by Gasteiger charge is -2.22. The van der Waals surface area contributed by atoms with E-state index in [2.05, 4.69) is 15.9 Å². The van der Waals surface area contributed by atoms with Crippen LogP contribution in [0.2, 0.25) is 0 Å². The van der Waals surface area contributed by atoms with Gasteiger partial charge in [0.2, 0.25) is 0 Å². The Morgan fingerprint density at radius 2 is 1.92 bits per heavy atom. The van der Waals surface area contributed by atoms with Gasteiger partial charge in [-0.2, -0.15) is 0 Å². The summed E-state index contributed by atoms with van der Waals surface area (Å²) in [6.45, 7) is 0.708. The Bertz CT molecular complexity index is 851. The lowest BCUT2D eigenvalue weighted by molar-refractivity contribution is -0.384. The summed E-state index contributed by atoms with van der Waals surface area (Å²) in [5.74, 6) is -0.929. The number of fused-ring (bicyclic) bond motifs is 1. The fraction of sp³-hybridized carbons (Fsp3) is 0.200. The molecular formula is C15H12BrN3O4S. The zero-order chi connectivity index (χ0) is 17.4. The molecule has 0 unspecified atom stereocenters. The third-order valence-electron chi connectivity index (χ3n) is 3.60. The molecule has 0 aliphatic carbocycles. The first-order valence-electron chi connectivity index (χ1n) is 6.94. The average Bonchev–Trinajstić information content (AvgIpc) is 3.04. The summed E-state index contributed by atoms with van der Waals surface area (Å²) in [7, 11) is 1.81. The first-order chi connectivity index (χ1) is 11.4. The number of nitrogens with zero attached hydrogens (tertiary/aromatic N) is 3. The van der Waals surface area contributed by atoms with Crippen LogP contribution in [0.1, 0.15) is 25.6 Å². The van der Waals surface area contributed by atoms with Gasteiger partial charge < -0.3 is 0 Å². The van der Waals surface area contributed by atoms with E-state index in [1.54, 1.807) is 18.4 Å². The van der Waals surface area contributed by atoms with E-state index in [0.29, 0.717) is 6.54 Å². The van der Waals surface area contributed by atoms with Crippen LogP contribution in [-0.4, -0.2) is 40.3 Å². The zero-order valence-electron chi connectivity index (χ0n) is 12.6. The van der Waals surface area contributed by atoms with Crippen molar-refractivity contribution in [3.05, 3.63) is 60.2 Å². The lowest BCUT2D eigenvalue weighted by atomic mass is 10.1. The lowest BCUT2D eigenvalue weighted by Crippen LogP contribution is -2.39. The maximum atomic E-state index is 12.4. The molecule has 0 saturated heterocycles. The number of hydrogen-bond acceptors (Lipinski definition) is 6. The number of thiophene rings is 1. The molecule has 0 N–H and O–H groups in total. The molecular weight excluding hydrogens is 398 g/mol. The number of non-ortho nitro benzene ring substituents is 1. The van der Waals surface area contributed by atoms with Gasteiger partial charge in [-0.15, -0.1) is 11.3 Å². The number of halogens is 1. The Kier molecular flexibility index (Phi) is 4.48. The monoisotopic (exact) mass is 409 g/mol. The van der Waals surface area contributed by atoms with Gasteiger partial charge in [-0.25, -0.2) is 0 Å². The van der Waals surface area contributed by atoms with Crippen LogP contribution < -0.4 is 0 Å². The van der Waals surface area contributed by atoms with Gasteiger partial charge in [-0.05, 0) is 41.2 Å². The van der Waals surface area contributed by atoms with Crippen molar-refractivity contribution in [2.75, 3.05) is 13.7 Å². The molecule has 0 radical (unpaired) electrons. The minimum atomic E-state index is -0.582. The van der Waals surface area contributed by atoms with Gasteiger partial charge >= 0.3 is 0 Å². The molecule has 0 atom stereocenters. The quantitative estimate of drug-likeness (QED) is 0.430. The third kappa shape index (κ3) is 3.10. The van der Waals surface area contributed by atoms with Crippen LogP contribution >= 0.6 is 27.3 Å². The predicted molar refractivity (Wildman–Crippen MR) is 91.9 cm³/mol. The largest absolute Gasteiger partial charge is 0.283 e. The number of carbonyl (C=O) groups excluding carboxylic acids is 2. The van der Waals surface area contributed by atoms with Crippen molar-refractivity contribution in [2.45, 2.75) is 6.54 Å². The van der Waals surface area contributed by atoms with E-state index in [9.17, 15) is 19.7 Å². The average molecular weight is 410 g/mol. The van der Waals surface area contributed by atoms with E-state index in [-0.39, 0.29) is 23.5 Å². The number of nitro benzene ring substituents is 1. The van der Waals surface area contributed by atoms with E-state index < -0.39 is 16.7 Å². The first kappa shape index (κ1) is 16.7. The molecule has 124 valence electrons. The normalized spacial score (nSPS) is 13.7. The molecule has 0 saturated carbocycles. The molecule has 1 aromatic heterocycles. The molecule has 1 aliphatic heterocycles. The maximum Gasteiger partial charge on any atom is 0.270 e. The van der Waals surface area contributed by atoms with Crippen LogP contribution in [0, 0.1) is 10.1 Å². The summed E-state index contributed by atoms with van der Waals surface area (Å²) < 4.78 is 1.01. The number of rotatable bonds is 5. The molecule has 9 heteroatoms. The number of carbonyl (C=O) groups is 2. The molecule has 2 heterocycles. The highest BCUT2D eigenvalue weighted by Gasteiger charge is 2.37. The second-order valence-electron chi connectivity index (χ2n) is 5.39. The van der Waals surface area contributed by atoms with Crippen LogP contribution in [0.25, 0.3) is 0 Å². The smallest absolute Gasteiger partial charge is 0.270 e. The van der Waals surface area contributed by atoms with Gasteiger partial charge in [0.25, 0.3) is 17.5 Å². The number of benzene rings is 1. The van der Waals surface area contributed by atoms with Crippen molar-refractivity contribution in [2.24, 2.45) is 0 Å². The molecule has 1 aliphatic rings. The number of nitro groups is 1. The highest BCUT2D eigenvalue weighted by atomic mass is 79.9. The SMILES string of the molecule is CN(Cc1ccc(Br)s1)CN1C(=O)c2ccc([N+](=O)[O-])cc2C1=O. The van der Waals surface area contributed by atoms with E-state index in [1.807, 2.05) is 17.0 Å². The number of imide groups is 1. The van der Waals surface area contributed by atoms with Crippen molar-refractivity contribution in [1.29, 1.82) is 0 Å². The van der Waals surface area contributed by atoms with Crippen LogP contribution in [-0.2, 0) is 6.54 Å². The van der Waals surface area contributed by atoms with E-state index >= 15 is 0 Å². The first-order valence-corrected chi connectivity index (χ1v) is 8.55. The van der Waals surface area contributed by atoms with Crippen molar-refractivity contribution in [3.63, 3.8) is 0 Å². The molecule has 24 heavy (non-hydrogen) atoms. The summed E-state index contributed by atoms with van der Waals surface area (Å²) in [6.07, 6.45) is 0. The maximum absolute atomic E-state index is 12.4. The molecule has 2 aromatic rings. The molecule has 0 fully saturated rings. The summed E-state index contributed by atoms with van der Waals surface area (Å²) >= 11 is 4.97. The topological polar surface area (TPSA) is 83.8 Å². The summed E-state index contributed by atoms with van der Waals surface area (Å²) in [4.78, 5) is 39.1. The molecule has 0 spiro atoms. The van der Waals surface area contributed by atoms with Crippen LogP contribution in [0.4, 0.5) is 5.69 Å². The number of amides is 2. The van der Waals surface area contributed by atoms with Crippen molar-refractivity contribution >= 4 is 44.8 Å². The van der Waals surface area contributed by atoms with Crippen molar-refractivity contribution in [3.8, 4) is 0 Å². The Balaban J connectivity index is 1.76. The minimum absolute atomic E-state index is 0.0847. The standard InChI is InChI=1S/C15H12BrN3O4S/c1-17(7-10-3-5-13(16)24-10)8-18-14(20)11-4-2-9(19(22)23)6-12(11)15(18)21/h2-6H,7-8H2,1H3. The minimum Gasteiger partial charge on any atom is -0.283 e. The van der Waals surface area contributed by atoms with E-state index in [4.69, 9.17) is 0 Å². The van der Waals surface area contributed by atoms with E-state index in [1.165, 1.54) is 12.1 Å². The highest BCUT2D eigenvalue weighted by Crippen LogP contribution is 2.27. The predicted octanol–water partition coefficient (Wildman–Crippen LogP) is 3.10. The van der Waals surface area contributed by atoms with Crippen molar-refractivity contribution in [1.82, 2.24) is 9.80 Å². The summed E-state index contributed by atoms with van der Waals surface area (Å²) in [6, 6.07) is 7.64. The Morgan fingerprint density at radius 3 is 2.54 bits per heavy atom. The fourth-order valence-electron chi connectivity index (χ4n) is 2.51. The van der Waals surface area contributed by atoms with Gasteiger partial charge in [-0.1, -0.05) is 0 Å². The van der Waals surface area contributed by atoms with Gasteiger partial charge in [0.05, 0.1) is 26.5 Å². The zero-order valence-corrected chi connectivity index (χ0v) is 15.0. The molecule has 0 bridgehead atoms. The summed E-state index contributed by atoms with van der Waals surface area (Å²) in [5.41, 5.74) is 0.0906. The van der Waals surface area contributed by atoms with Gasteiger partial charge in [0, 0.05) is 23.6 Å². The molecule has 2 amide bonds. The third-order valence-corrected chi connectivity index (χ3v) is 5.21. The molecule has 7 nitrogen and oxygen atoms in total. The molecule has 1 aromatic carbocycles. The highest BCUT2D eigenvalue weighted by molar-refractivity contribution is 9.11. The van der Waals surface area contributed by atoms with Crippen LogP contribution in [0.15, 0.2) is 34.1 Å². The van der Waals surface area contributed by atoms with Crippen LogP contribution in [0.3, 0.4) is 0 Å². The second kappa shape index (κ2) is 6.42. The summed E-state index contributed by atoms with van der Waals surface area (Å²) in [5, 5.41) is 10.8. The Morgan fingerprint density at radius 1 is 1.21 bits per heavy atom. The molecule has 3 rings (SSSR count). The van der Waals surface area contributed by atoms with Gasteiger partial charge in [0.1, 0.15) is 0 Å². The Hall–Kier alpha value is -2.10. The number of hydrogen-bond donors (Lipinski definition) is 0. The van der Waals surface area contributed by atoms with Gasteiger partial charge in [0.15, 0.2) is 0 Å².